The predicted octanol–water partition coefficient (Wildman–Crippen LogP) is 6.06. The Balaban J connectivity index is 1.86. The number of pyridine rings is 1. The van der Waals surface area contributed by atoms with Crippen LogP contribution in [0.25, 0.3) is 5.57 Å². The number of rotatable bonds is 12. The minimum Gasteiger partial charge on any atom is -0.497 e. The highest BCUT2D eigenvalue weighted by Crippen LogP contribution is 2.23. The van der Waals surface area contributed by atoms with Crippen LogP contribution in [0.5, 0.6) is 5.75 Å². The number of carbonyl (C=O) groups excluding carboxylic acids is 1. The third-order valence-corrected chi connectivity index (χ3v) is 5.42. The summed E-state index contributed by atoms with van der Waals surface area (Å²) in [6, 6.07) is 10.3. The first-order valence-electron chi connectivity index (χ1n) is 11.2. The average molecular weight is 421 g/mol. The maximum Gasteiger partial charge on any atom is 0.244 e. The van der Waals surface area contributed by atoms with Gasteiger partial charge in [-0.2, -0.15) is 0 Å². The fourth-order valence-electron chi connectivity index (χ4n) is 3.47. The first-order chi connectivity index (χ1) is 15.0. The van der Waals surface area contributed by atoms with Crippen molar-refractivity contribution in [3.63, 3.8) is 0 Å². The van der Waals surface area contributed by atoms with Crippen LogP contribution in [0.15, 0.2) is 61.0 Å². The number of amides is 1. The lowest BCUT2D eigenvalue weighted by Crippen LogP contribution is -2.31. The predicted molar refractivity (Wildman–Crippen MR) is 129 cm³/mol. The van der Waals surface area contributed by atoms with E-state index in [1.165, 1.54) is 22.3 Å². The number of nitrogens with zero attached hydrogens (tertiary/aromatic N) is 1. The number of unbranched alkanes of at least 4 members (excludes halogenated alkanes) is 1. The number of allylic oxidation sites excluding steroid dienone is 3. The van der Waals surface area contributed by atoms with Gasteiger partial charge in [-0.15, -0.1) is 0 Å². The van der Waals surface area contributed by atoms with E-state index in [1.807, 2.05) is 42.7 Å². The molecule has 1 aromatic heterocycles. The smallest absolute Gasteiger partial charge is 0.244 e. The van der Waals surface area contributed by atoms with Gasteiger partial charge in [0.25, 0.3) is 0 Å². The molecule has 31 heavy (non-hydrogen) atoms. The number of methoxy groups -OCH3 is 1. The van der Waals surface area contributed by atoms with Crippen LogP contribution in [0.1, 0.15) is 62.6 Å². The largest absolute Gasteiger partial charge is 0.497 e. The lowest BCUT2D eigenvalue weighted by atomic mass is 9.99. The third-order valence-electron chi connectivity index (χ3n) is 5.42. The van der Waals surface area contributed by atoms with Crippen LogP contribution in [0.2, 0.25) is 0 Å². The summed E-state index contributed by atoms with van der Waals surface area (Å²) >= 11 is 0. The summed E-state index contributed by atoms with van der Waals surface area (Å²) in [5.74, 6) is 0.798. The van der Waals surface area contributed by atoms with Gasteiger partial charge in [0.05, 0.1) is 7.11 Å². The highest BCUT2D eigenvalue weighted by atomic mass is 16.5. The molecular formula is C27H36N2O2. The molecular weight excluding hydrogens is 384 g/mol. The maximum absolute atomic E-state index is 12.3. The van der Waals surface area contributed by atoms with Gasteiger partial charge >= 0.3 is 0 Å². The molecule has 4 heteroatoms. The standard InChI is InChI=1S/C27H36N2O2/c1-5-6-10-23(24-14-16-26(31-4)17-15-24)11-8-13-27(30)29-22(3)9-7-12-25-20-28-19-18-21(25)2/h8,11,13-20,22H,5-7,9-10,12H2,1-4H3,(H,29,30)/t22-/m1/s1. The van der Waals surface area contributed by atoms with Crippen molar-refractivity contribution in [2.24, 2.45) is 0 Å². The van der Waals surface area contributed by atoms with Gasteiger partial charge in [0.1, 0.15) is 5.75 Å². The summed E-state index contributed by atoms with van der Waals surface area (Å²) < 4.78 is 5.25. The zero-order valence-corrected chi connectivity index (χ0v) is 19.4. The first-order valence-corrected chi connectivity index (χ1v) is 11.2. The molecule has 0 radical (unpaired) electrons. The van der Waals surface area contributed by atoms with Crippen LogP contribution in [-0.4, -0.2) is 24.0 Å². The lowest BCUT2D eigenvalue weighted by molar-refractivity contribution is -0.117. The van der Waals surface area contributed by atoms with Gasteiger partial charge in [-0.3, -0.25) is 9.78 Å². The van der Waals surface area contributed by atoms with E-state index >= 15 is 0 Å². The number of ether oxygens (including phenoxy) is 1. The third kappa shape index (κ3) is 8.79. The Labute approximate surface area is 187 Å². The SMILES string of the molecule is CCCCC(=CC=CC(=O)N[C@H](C)CCCc1cnccc1C)c1ccc(OC)cc1. The average Bonchev–Trinajstić information content (AvgIpc) is 2.77. The van der Waals surface area contributed by atoms with E-state index in [4.69, 9.17) is 4.74 Å². The molecule has 0 bridgehead atoms. The second kappa shape index (κ2) is 13.4. The fourth-order valence-corrected chi connectivity index (χ4v) is 3.47. The molecule has 166 valence electrons. The molecule has 1 atom stereocenters. The molecule has 1 heterocycles. The fraction of sp³-hybridized carbons (Fsp3) is 0.407. The van der Waals surface area contributed by atoms with Crippen molar-refractivity contribution in [1.29, 1.82) is 0 Å². The minimum atomic E-state index is -0.0501. The molecule has 1 N–H and O–H groups in total. The van der Waals surface area contributed by atoms with Gasteiger partial charge in [0.15, 0.2) is 0 Å². The van der Waals surface area contributed by atoms with Crippen molar-refractivity contribution >= 4 is 11.5 Å². The Morgan fingerprint density at radius 3 is 2.65 bits per heavy atom. The summed E-state index contributed by atoms with van der Waals surface area (Å²) in [5, 5.41) is 3.07. The molecule has 0 spiro atoms. The first kappa shape index (κ1) is 24.4. The number of hydrogen-bond donors (Lipinski definition) is 1. The van der Waals surface area contributed by atoms with E-state index in [9.17, 15) is 4.79 Å². The Bertz CT molecular complexity index is 869. The molecule has 0 aliphatic rings. The molecule has 4 nitrogen and oxygen atoms in total. The number of aryl methyl sites for hydroxylation is 2. The van der Waals surface area contributed by atoms with Gasteiger partial charge in [0, 0.05) is 24.5 Å². The highest BCUT2D eigenvalue weighted by Gasteiger charge is 2.06. The number of benzene rings is 1. The Kier molecular flexibility index (Phi) is 10.6. The second-order valence-electron chi connectivity index (χ2n) is 7.99. The van der Waals surface area contributed by atoms with Gasteiger partial charge in [0.2, 0.25) is 5.91 Å². The van der Waals surface area contributed by atoms with Gasteiger partial charge in [-0.1, -0.05) is 37.6 Å². The molecule has 2 rings (SSSR count). The summed E-state index contributed by atoms with van der Waals surface area (Å²) in [4.78, 5) is 16.5. The van der Waals surface area contributed by atoms with E-state index in [-0.39, 0.29) is 11.9 Å². The molecule has 2 aromatic rings. The summed E-state index contributed by atoms with van der Waals surface area (Å²) in [5.41, 5.74) is 4.95. The van der Waals surface area contributed by atoms with Gasteiger partial charge in [-0.05, 0) is 86.4 Å². The highest BCUT2D eigenvalue weighted by molar-refractivity contribution is 5.88. The normalized spacial score (nSPS) is 12.7. The number of carbonyl (C=O) groups is 1. The van der Waals surface area contributed by atoms with Crippen LogP contribution in [-0.2, 0) is 11.2 Å². The van der Waals surface area contributed by atoms with E-state index in [2.05, 4.69) is 43.2 Å². The zero-order chi connectivity index (χ0) is 22.5. The molecule has 0 saturated carbocycles. The number of aromatic nitrogens is 1. The van der Waals surface area contributed by atoms with Crippen LogP contribution in [0.4, 0.5) is 0 Å². The van der Waals surface area contributed by atoms with Gasteiger partial charge in [-0.25, -0.2) is 0 Å². The Hall–Kier alpha value is -2.88. The molecule has 1 aromatic carbocycles. The van der Waals surface area contributed by atoms with E-state index < -0.39 is 0 Å². The molecule has 1 amide bonds. The van der Waals surface area contributed by atoms with Crippen LogP contribution in [0.3, 0.4) is 0 Å². The lowest BCUT2D eigenvalue weighted by Gasteiger charge is -2.12. The summed E-state index contributed by atoms with van der Waals surface area (Å²) in [6.45, 7) is 6.36. The van der Waals surface area contributed by atoms with Crippen molar-refractivity contribution in [2.45, 2.75) is 65.3 Å². The van der Waals surface area contributed by atoms with Crippen molar-refractivity contribution in [2.75, 3.05) is 7.11 Å². The molecule has 0 aliphatic carbocycles. The van der Waals surface area contributed by atoms with Crippen LogP contribution < -0.4 is 10.1 Å². The monoisotopic (exact) mass is 420 g/mol. The van der Waals surface area contributed by atoms with Crippen molar-refractivity contribution in [3.05, 3.63) is 77.6 Å². The van der Waals surface area contributed by atoms with Crippen molar-refractivity contribution in [1.82, 2.24) is 10.3 Å². The Morgan fingerprint density at radius 1 is 1.19 bits per heavy atom. The van der Waals surface area contributed by atoms with Crippen LogP contribution in [0, 0.1) is 6.92 Å². The number of hydrogen-bond acceptors (Lipinski definition) is 3. The van der Waals surface area contributed by atoms with Crippen molar-refractivity contribution in [3.8, 4) is 5.75 Å². The zero-order valence-electron chi connectivity index (χ0n) is 19.4. The Morgan fingerprint density at radius 2 is 1.97 bits per heavy atom. The second-order valence-corrected chi connectivity index (χ2v) is 7.99. The van der Waals surface area contributed by atoms with E-state index in [0.29, 0.717) is 0 Å². The summed E-state index contributed by atoms with van der Waals surface area (Å²) in [7, 11) is 1.67. The van der Waals surface area contributed by atoms with E-state index in [1.54, 1.807) is 13.2 Å². The minimum absolute atomic E-state index is 0.0501. The summed E-state index contributed by atoms with van der Waals surface area (Å²) in [6.07, 6.45) is 15.5. The quantitative estimate of drug-likeness (QED) is 0.336. The van der Waals surface area contributed by atoms with Crippen LogP contribution >= 0.6 is 0 Å². The van der Waals surface area contributed by atoms with E-state index in [0.717, 1.165) is 44.3 Å². The van der Waals surface area contributed by atoms with Crippen molar-refractivity contribution < 1.29 is 9.53 Å². The number of nitrogens with one attached hydrogen (secondary N) is 1. The van der Waals surface area contributed by atoms with Gasteiger partial charge < -0.3 is 10.1 Å². The molecule has 0 aliphatic heterocycles. The maximum atomic E-state index is 12.3. The molecule has 0 unspecified atom stereocenters. The molecule has 0 saturated heterocycles. The molecule has 0 fully saturated rings. The topological polar surface area (TPSA) is 51.2 Å².